The van der Waals surface area contributed by atoms with Gasteiger partial charge in [-0.2, -0.15) is 13.2 Å². The molecule has 0 saturated carbocycles. The van der Waals surface area contributed by atoms with E-state index >= 15 is 0 Å². The van der Waals surface area contributed by atoms with Crippen LogP contribution in [-0.4, -0.2) is 42.8 Å². The lowest BCUT2D eigenvalue weighted by Gasteiger charge is -2.15. The molecule has 1 aliphatic rings. The number of carbonyl (C=O) groups excluding carboxylic acids is 2. The van der Waals surface area contributed by atoms with E-state index in [9.17, 15) is 27.6 Å². The second-order valence-corrected chi connectivity index (χ2v) is 7.33. The SMILES string of the molecule is Cl.NCC(=O)OCC1CN(c2ccc3cc(-c4ccccc4C(F)(F)F)[nH]c(=O)c3c2)C(=O)O1. The molecule has 3 N–H and O–H groups in total. The first-order valence-electron chi connectivity index (χ1n) is 9.85. The van der Waals surface area contributed by atoms with E-state index in [2.05, 4.69) is 4.98 Å². The van der Waals surface area contributed by atoms with Crippen LogP contribution in [0.2, 0.25) is 0 Å². The third kappa shape index (κ3) is 5.00. The molecule has 8 nitrogen and oxygen atoms in total. The maximum atomic E-state index is 13.4. The molecule has 1 amide bonds. The van der Waals surface area contributed by atoms with Gasteiger partial charge in [-0.05, 0) is 29.7 Å². The molecule has 2 aromatic carbocycles. The van der Waals surface area contributed by atoms with Crippen molar-refractivity contribution in [3.63, 3.8) is 0 Å². The van der Waals surface area contributed by atoms with E-state index in [4.69, 9.17) is 15.2 Å². The largest absolute Gasteiger partial charge is 0.461 e. The fraction of sp³-hybridized carbons (Fsp3) is 0.227. The number of fused-ring (bicyclic) bond motifs is 1. The zero-order valence-corrected chi connectivity index (χ0v) is 18.2. The lowest BCUT2D eigenvalue weighted by molar-refractivity contribution is -0.144. The van der Waals surface area contributed by atoms with Crippen LogP contribution in [0.4, 0.5) is 23.7 Å². The number of amides is 1. The third-order valence-electron chi connectivity index (χ3n) is 5.13. The van der Waals surface area contributed by atoms with Crippen LogP contribution in [0.25, 0.3) is 22.0 Å². The second-order valence-electron chi connectivity index (χ2n) is 7.33. The van der Waals surface area contributed by atoms with E-state index < -0.39 is 35.5 Å². The number of benzene rings is 2. The monoisotopic (exact) mass is 497 g/mol. The molecule has 0 radical (unpaired) electrons. The van der Waals surface area contributed by atoms with Crippen molar-refractivity contribution in [3.05, 3.63) is 64.4 Å². The van der Waals surface area contributed by atoms with Gasteiger partial charge < -0.3 is 20.2 Å². The molecular formula is C22H19ClF3N3O5. The highest BCUT2D eigenvalue weighted by molar-refractivity contribution is 5.94. The van der Waals surface area contributed by atoms with E-state index in [-0.39, 0.29) is 48.7 Å². The Bertz CT molecular complexity index is 1290. The lowest BCUT2D eigenvalue weighted by atomic mass is 10.0. The molecule has 0 aliphatic carbocycles. The lowest BCUT2D eigenvalue weighted by Crippen LogP contribution is -2.28. The van der Waals surface area contributed by atoms with Gasteiger partial charge in [0.05, 0.1) is 18.7 Å². The predicted molar refractivity (Wildman–Crippen MR) is 120 cm³/mol. The van der Waals surface area contributed by atoms with Gasteiger partial charge in [-0.15, -0.1) is 12.4 Å². The molecule has 12 heteroatoms. The average Bonchev–Trinajstić information content (AvgIpc) is 3.17. The minimum Gasteiger partial charge on any atom is -0.461 e. The Hall–Kier alpha value is -3.57. The van der Waals surface area contributed by atoms with Crippen molar-refractivity contribution in [2.24, 2.45) is 5.73 Å². The third-order valence-corrected chi connectivity index (χ3v) is 5.13. The Morgan fingerprint density at radius 2 is 1.91 bits per heavy atom. The van der Waals surface area contributed by atoms with Gasteiger partial charge in [0.2, 0.25) is 0 Å². The Morgan fingerprint density at radius 3 is 2.62 bits per heavy atom. The predicted octanol–water partition coefficient (Wildman–Crippen LogP) is 3.46. The summed E-state index contributed by atoms with van der Waals surface area (Å²) in [6.45, 7) is -0.376. The molecule has 1 fully saturated rings. The number of esters is 1. The van der Waals surface area contributed by atoms with Gasteiger partial charge in [-0.25, -0.2) is 4.79 Å². The van der Waals surface area contributed by atoms with Crippen LogP contribution in [0.1, 0.15) is 5.56 Å². The zero-order valence-electron chi connectivity index (χ0n) is 17.4. The summed E-state index contributed by atoms with van der Waals surface area (Å²) < 4.78 is 50.2. The van der Waals surface area contributed by atoms with Crippen LogP contribution < -0.4 is 16.2 Å². The first-order valence-corrected chi connectivity index (χ1v) is 9.85. The number of ether oxygens (including phenoxy) is 2. The molecule has 0 spiro atoms. The smallest absolute Gasteiger partial charge is 0.417 e. The zero-order chi connectivity index (χ0) is 23.8. The minimum atomic E-state index is -4.59. The molecular weight excluding hydrogens is 479 g/mol. The summed E-state index contributed by atoms with van der Waals surface area (Å²) in [5.41, 5.74) is 3.93. The highest BCUT2D eigenvalue weighted by Crippen LogP contribution is 2.36. The second kappa shape index (κ2) is 9.74. The number of cyclic esters (lactones) is 1. The van der Waals surface area contributed by atoms with Gasteiger partial charge in [0, 0.05) is 22.3 Å². The Morgan fingerprint density at radius 1 is 1.18 bits per heavy atom. The topological polar surface area (TPSA) is 115 Å². The van der Waals surface area contributed by atoms with Crippen molar-refractivity contribution in [2.75, 3.05) is 24.6 Å². The van der Waals surface area contributed by atoms with E-state index in [0.717, 1.165) is 6.07 Å². The van der Waals surface area contributed by atoms with Gasteiger partial charge >= 0.3 is 18.2 Å². The van der Waals surface area contributed by atoms with Crippen molar-refractivity contribution in [1.29, 1.82) is 0 Å². The number of halogens is 4. The number of carbonyl (C=O) groups is 2. The summed E-state index contributed by atoms with van der Waals surface area (Å²) in [6.07, 6.45) is -5.98. The van der Waals surface area contributed by atoms with Gasteiger partial charge in [0.25, 0.3) is 5.56 Å². The fourth-order valence-corrected chi connectivity index (χ4v) is 3.59. The standard InChI is InChI=1S/C22H18F3N3O5.ClH/c23-22(24,25)17-4-2-1-3-15(17)18-7-12-5-6-13(8-16(12)20(30)27-18)28-10-14(33-21(28)31)11-32-19(29)9-26;/h1-8,14H,9-11,26H2,(H,27,30);1H. The number of nitrogens with two attached hydrogens (primary N) is 1. The number of aromatic amines is 1. The normalized spacial score (nSPS) is 15.7. The summed E-state index contributed by atoms with van der Waals surface area (Å²) in [5, 5.41) is 0.585. The quantitative estimate of drug-likeness (QED) is 0.522. The maximum absolute atomic E-state index is 13.4. The highest BCUT2D eigenvalue weighted by atomic mass is 35.5. The van der Waals surface area contributed by atoms with Crippen molar-refractivity contribution in [1.82, 2.24) is 4.98 Å². The van der Waals surface area contributed by atoms with Gasteiger partial charge in [-0.3, -0.25) is 14.5 Å². The molecule has 2 heterocycles. The van der Waals surface area contributed by atoms with E-state index in [1.54, 1.807) is 6.07 Å². The molecule has 1 saturated heterocycles. The number of nitrogens with one attached hydrogen (secondary N) is 1. The Kier molecular flexibility index (Phi) is 7.18. The number of rotatable bonds is 5. The van der Waals surface area contributed by atoms with Crippen molar-refractivity contribution >= 4 is 40.9 Å². The average molecular weight is 498 g/mol. The van der Waals surface area contributed by atoms with Crippen LogP contribution >= 0.6 is 12.4 Å². The van der Waals surface area contributed by atoms with Crippen LogP contribution in [0.5, 0.6) is 0 Å². The summed E-state index contributed by atoms with van der Waals surface area (Å²) in [7, 11) is 0. The molecule has 4 rings (SSSR count). The number of aromatic nitrogens is 1. The van der Waals surface area contributed by atoms with Gasteiger partial charge in [0.1, 0.15) is 6.61 Å². The summed E-state index contributed by atoms with van der Waals surface area (Å²) in [5.74, 6) is -0.635. The van der Waals surface area contributed by atoms with E-state index in [1.165, 1.54) is 41.3 Å². The number of hydrogen-bond donors (Lipinski definition) is 2. The molecule has 0 bridgehead atoms. The first kappa shape index (κ1) is 25.1. The Labute approximate surface area is 196 Å². The molecule has 1 atom stereocenters. The van der Waals surface area contributed by atoms with Crippen LogP contribution in [0.15, 0.2) is 53.3 Å². The maximum Gasteiger partial charge on any atom is 0.417 e. The summed E-state index contributed by atoms with van der Waals surface area (Å²) in [6, 6.07) is 10.9. The minimum absolute atomic E-state index is 0. The first-order chi connectivity index (χ1) is 15.7. The number of alkyl halides is 3. The van der Waals surface area contributed by atoms with Crippen LogP contribution in [-0.2, 0) is 20.4 Å². The molecule has 1 aromatic heterocycles. The van der Waals surface area contributed by atoms with Crippen LogP contribution in [0.3, 0.4) is 0 Å². The van der Waals surface area contributed by atoms with Crippen molar-refractivity contribution in [2.45, 2.75) is 12.3 Å². The van der Waals surface area contributed by atoms with E-state index in [1.807, 2.05) is 0 Å². The van der Waals surface area contributed by atoms with Crippen molar-refractivity contribution < 1.29 is 32.2 Å². The number of pyridine rings is 1. The molecule has 3 aromatic rings. The summed E-state index contributed by atoms with van der Waals surface area (Å²) in [4.78, 5) is 39.9. The highest BCUT2D eigenvalue weighted by Gasteiger charge is 2.34. The summed E-state index contributed by atoms with van der Waals surface area (Å²) >= 11 is 0. The number of H-pyrrole nitrogens is 1. The van der Waals surface area contributed by atoms with E-state index in [0.29, 0.717) is 11.1 Å². The van der Waals surface area contributed by atoms with Gasteiger partial charge in [-0.1, -0.05) is 24.3 Å². The molecule has 1 aliphatic heterocycles. The fourth-order valence-electron chi connectivity index (χ4n) is 3.59. The number of anilines is 1. The van der Waals surface area contributed by atoms with Crippen molar-refractivity contribution in [3.8, 4) is 11.3 Å². The molecule has 1 unspecified atom stereocenters. The van der Waals surface area contributed by atoms with Crippen LogP contribution in [0, 0.1) is 0 Å². The number of nitrogens with zero attached hydrogens (tertiary/aromatic N) is 1. The number of hydrogen-bond acceptors (Lipinski definition) is 6. The molecule has 34 heavy (non-hydrogen) atoms. The van der Waals surface area contributed by atoms with Gasteiger partial charge in [0.15, 0.2) is 6.10 Å². The molecule has 180 valence electrons. The Balaban J connectivity index is 0.00000324.